The molecule has 3 heterocycles. The molecule has 6 nitrogen and oxygen atoms in total. The van der Waals surface area contributed by atoms with E-state index in [1.807, 2.05) is 23.1 Å². The number of hydrogen-bond acceptors (Lipinski definition) is 5. The van der Waals surface area contributed by atoms with Crippen LogP contribution in [0.5, 0.6) is 0 Å². The maximum Gasteiger partial charge on any atom is 0.243 e. The number of piperazine rings is 1. The predicted octanol–water partition coefficient (Wildman–Crippen LogP) is 2.91. The summed E-state index contributed by atoms with van der Waals surface area (Å²) < 4.78 is 27.8. The third-order valence-corrected chi connectivity index (χ3v) is 9.71. The number of carbonyl (C=O) groups excluding carboxylic acids is 1. The summed E-state index contributed by atoms with van der Waals surface area (Å²) in [6, 6.07) is 9.96. The molecule has 31 heavy (non-hydrogen) atoms. The number of thiophene rings is 1. The zero-order chi connectivity index (χ0) is 21.4. The molecule has 0 bridgehead atoms. The number of nitrogens with zero attached hydrogens (tertiary/aromatic N) is 3. The van der Waals surface area contributed by atoms with E-state index in [2.05, 4.69) is 16.3 Å². The van der Waals surface area contributed by atoms with Crippen molar-refractivity contribution < 1.29 is 13.2 Å². The molecule has 0 spiro atoms. The minimum atomic E-state index is -3.48. The Balaban J connectivity index is 1.19. The van der Waals surface area contributed by atoms with Gasteiger partial charge >= 0.3 is 0 Å². The largest absolute Gasteiger partial charge is 0.334 e. The van der Waals surface area contributed by atoms with Crippen LogP contribution < -0.4 is 0 Å². The molecule has 0 N–H and O–H groups in total. The first kappa shape index (κ1) is 21.1. The van der Waals surface area contributed by atoms with E-state index in [0.717, 1.165) is 38.6 Å². The van der Waals surface area contributed by atoms with Crippen LogP contribution in [0.2, 0.25) is 0 Å². The summed E-state index contributed by atoms with van der Waals surface area (Å²) in [5.74, 6) is 0.158. The fourth-order valence-electron chi connectivity index (χ4n) is 5.11. The van der Waals surface area contributed by atoms with Crippen LogP contribution in [-0.2, 0) is 27.7 Å². The van der Waals surface area contributed by atoms with Gasteiger partial charge in [0.1, 0.15) is 0 Å². The number of likely N-dealkylation sites (tertiary alicyclic amines) is 1. The standard InChI is InChI=1S/C23H29N3O3S2/c27-23(26-10-2-6-21(26)22-7-3-15-30-22)17-24-11-13-25(14-12-24)31(28,29)20-9-8-18-4-1-5-19(18)16-20/h3,7-9,15-16,21H,1-2,4-6,10-14,17H2. The molecule has 1 atom stereocenters. The zero-order valence-corrected chi connectivity index (χ0v) is 19.3. The topological polar surface area (TPSA) is 60.9 Å². The zero-order valence-electron chi connectivity index (χ0n) is 17.7. The van der Waals surface area contributed by atoms with Crippen molar-refractivity contribution in [2.75, 3.05) is 39.3 Å². The average molecular weight is 460 g/mol. The number of aryl methyl sites for hydroxylation is 2. The number of benzene rings is 1. The van der Waals surface area contributed by atoms with Crippen LogP contribution in [-0.4, -0.2) is 67.7 Å². The molecule has 1 amide bonds. The highest BCUT2D eigenvalue weighted by Crippen LogP contribution is 2.34. The number of carbonyl (C=O) groups is 1. The van der Waals surface area contributed by atoms with Crippen molar-refractivity contribution in [3.8, 4) is 0 Å². The minimum absolute atomic E-state index is 0.158. The third kappa shape index (κ3) is 4.18. The maximum absolute atomic E-state index is 13.1. The Hall–Kier alpha value is -1.74. The van der Waals surface area contributed by atoms with E-state index in [1.165, 1.54) is 16.0 Å². The lowest BCUT2D eigenvalue weighted by molar-refractivity contribution is -0.133. The van der Waals surface area contributed by atoms with E-state index in [0.29, 0.717) is 37.6 Å². The molecule has 3 aliphatic rings. The summed E-state index contributed by atoms with van der Waals surface area (Å²) in [6.45, 7) is 3.23. The molecular weight excluding hydrogens is 430 g/mol. The molecule has 2 saturated heterocycles. The second-order valence-electron chi connectivity index (χ2n) is 8.72. The number of sulfonamides is 1. The van der Waals surface area contributed by atoms with Crippen molar-refractivity contribution in [1.82, 2.24) is 14.1 Å². The Morgan fingerprint density at radius 3 is 2.58 bits per heavy atom. The van der Waals surface area contributed by atoms with Gasteiger partial charge in [-0.1, -0.05) is 12.1 Å². The van der Waals surface area contributed by atoms with Crippen molar-refractivity contribution in [1.29, 1.82) is 0 Å². The molecule has 1 unspecified atom stereocenters. The molecule has 1 aliphatic carbocycles. The average Bonchev–Trinajstić information content (AvgIpc) is 3.54. The van der Waals surface area contributed by atoms with E-state index in [4.69, 9.17) is 0 Å². The smallest absolute Gasteiger partial charge is 0.243 e. The van der Waals surface area contributed by atoms with Gasteiger partial charge in [-0.3, -0.25) is 9.69 Å². The van der Waals surface area contributed by atoms with Crippen molar-refractivity contribution in [2.24, 2.45) is 0 Å². The Kier molecular flexibility index (Phi) is 5.90. The lowest BCUT2D eigenvalue weighted by Gasteiger charge is -2.35. The lowest BCUT2D eigenvalue weighted by atomic mass is 10.1. The van der Waals surface area contributed by atoms with Gasteiger partial charge in [0, 0.05) is 37.6 Å². The first-order chi connectivity index (χ1) is 15.0. The monoisotopic (exact) mass is 459 g/mol. The molecular formula is C23H29N3O3S2. The van der Waals surface area contributed by atoms with Gasteiger partial charge in [-0.25, -0.2) is 8.42 Å². The summed E-state index contributed by atoms with van der Waals surface area (Å²) >= 11 is 1.71. The van der Waals surface area contributed by atoms with E-state index < -0.39 is 10.0 Å². The number of hydrogen-bond donors (Lipinski definition) is 0. The van der Waals surface area contributed by atoms with E-state index in [9.17, 15) is 13.2 Å². The van der Waals surface area contributed by atoms with Gasteiger partial charge < -0.3 is 4.90 Å². The van der Waals surface area contributed by atoms with Crippen molar-refractivity contribution in [3.63, 3.8) is 0 Å². The molecule has 2 fully saturated rings. The fourth-order valence-corrected chi connectivity index (χ4v) is 7.46. The summed E-state index contributed by atoms with van der Waals surface area (Å²) in [5, 5.41) is 2.07. The van der Waals surface area contributed by atoms with Crippen LogP contribution in [0.25, 0.3) is 0 Å². The molecule has 2 aliphatic heterocycles. The molecule has 2 aromatic rings. The lowest BCUT2D eigenvalue weighted by Crippen LogP contribution is -2.51. The molecule has 166 valence electrons. The Labute approximate surface area is 188 Å². The fraction of sp³-hybridized carbons (Fsp3) is 0.522. The van der Waals surface area contributed by atoms with E-state index >= 15 is 0 Å². The number of rotatable bonds is 5. The molecule has 0 saturated carbocycles. The van der Waals surface area contributed by atoms with Gasteiger partial charge in [-0.15, -0.1) is 11.3 Å². The van der Waals surface area contributed by atoms with Crippen molar-refractivity contribution in [3.05, 3.63) is 51.7 Å². The molecule has 1 aromatic heterocycles. The van der Waals surface area contributed by atoms with Gasteiger partial charge in [-0.2, -0.15) is 4.31 Å². The SMILES string of the molecule is O=C(CN1CCN(S(=O)(=O)c2ccc3c(c2)CCC3)CC1)N1CCCC1c1cccs1. The highest BCUT2D eigenvalue weighted by atomic mass is 32.2. The van der Waals surface area contributed by atoms with Crippen LogP contribution >= 0.6 is 11.3 Å². The Morgan fingerprint density at radius 1 is 1.00 bits per heavy atom. The van der Waals surface area contributed by atoms with Crippen LogP contribution in [0.3, 0.4) is 0 Å². The van der Waals surface area contributed by atoms with Crippen molar-refractivity contribution >= 4 is 27.3 Å². The van der Waals surface area contributed by atoms with E-state index in [1.54, 1.807) is 21.7 Å². The second-order valence-corrected chi connectivity index (χ2v) is 11.6. The quantitative estimate of drug-likeness (QED) is 0.690. The normalized spacial score (nSPS) is 22.7. The van der Waals surface area contributed by atoms with Gasteiger partial charge in [0.2, 0.25) is 15.9 Å². The first-order valence-corrected chi connectivity index (χ1v) is 13.5. The molecule has 1 aromatic carbocycles. The highest BCUT2D eigenvalue weighted by molar-refractivity contribution is 7.89. The molecule has 8 heteroatoms. The number of amides is 1. The molecule has 0 radical (unpaired) electrons. The summed E-state index contributed by atoms with van der Waals surface area (Å²) in [6.07, 6.45) is 5.19. The third-order valence-electron chi connectivity index (χ3n) is 6.84. The highest BCUT2D eigenvalue weighted by Gasteiger charge is 2.33. The van der Waals surface area contributed by atoms with Crippen LogP contribution in [0, 0.1) is 0 Å². The summed E-state index contributed by atoms with van der Waals surface area (Å²) in [5.41, 5.74) is 2.46. The Bertz CT molecular complexity index is 1040. The maximum atomic E-state index is 13.1. The first-order valence-electron chi connectivity index (χ1n) is 11.2. The van der Waals surface area contributed by atoms with Gasteiger partial charge in [0.25, 0.3) is 0 Å². The van der Waals surface area contributed by atoms with Crippen LogP contribution in [0.1, 0.15) is 41.3 Å². The van der Waals surface area contributed by atoms with Gasteiger partial charge in [-0.05, 0) is 66.8 Å². The Morgan fingerprint density at radius 2 is 1.81 bits per heavy atom. The van der Waals surface area contributed by atoms with Crippen LogP contribution in [0.4, 0.5) is 0 Å². The summed E-state index contributed by atoms with van der Waals surface area (Å²) in [4.78, 5) is 18.8. The van der Waals surface area contributed by atoms with Crippen LogP contribution in [0.15, 0.2) is 40.6 Å². The summed E-state index contributed by atoms with van der Waals surface area (Å²) in [7, 11) is -3.48. The van der Waals surface area contributed by atoms with Gasteiger partial charge in [0.15, 0.2) is 0 Å². The van der Waals surface area contributed by atoms with E-state index in [-0.39, 0.29) is 11.9 Å². The second kappa shape index (κ2) is 8.65. The van der Waals surface area contributed by atoms with Gasteiger partial charge in [0.05, 0.1) is 17.5 Å². The number of fused-ring (bicyclic) bond motifs is 1. The molecule has 5 rings (SSSR count). The predicted molar refractivity (Wildman–Crippen MR) is 122 cm³/mol. The minimum Gasteiger partial charge on any atom is -0.334 e. The van der Waals surface area contributed by atoms with Crippen molar-refractivity contribution in [2.45, 2.75) is 43.0 Å².